The highest BCUT2D eigenvalue weighted by Crippen LogP contribution is 2.39. The first-order chi connectivity index (χ1) is 27.7. The van der Waals surface area contributed by atoms with Gasteiger partial charge in [-0.3, -0.25) is 0 Å². The van der Waals surface area contributed by atoms with E-state index >= 15 is 0 Å². The first-order valence-corrected chi connectivity index (χ1v) is 20.1. The summed E-state index contributed by atoms with van der Waals surface area (Å²) in [6.07, 6.45) is 8.35. The Kier molecular flexibility index (Phi) is 9.65. The van der Waals surface area contributed by atoms with E-state index in [2.05, 4.69) is 160 Å². The van der Waals surface area contributed by atoms with Gasteiger partial charge in [-0.2, -0.15) is 10.5 Å². The molecule has 7 aromatic rings. The van der Waals surface area contributed by atoms with Gasteiger partial charge >= 0.3 is 0 Å². The molecule has 0 amide bonds. The average Bonchev–Trinajstić information content (AvgIpc) is 4.09. The van der Waals surface area contributed by atoms with Gasteiger partial charge in [0.1, 0.15) is 10.8 Å². The summed E-state index contributed by atoms with van der Waals surface area (Å²) in [5, 5.41) is 23.1. The maximum atomic E-state index is 9.32. The predicted molar refractivity (Wildman–Crippen MR) is 234 cm³/mol. The van der Waals surface area contributed by atoms with Gasteiger partial charge in [0.05, 0.1) is 22.8 Å². The molecular formula is C48H32N6S2. The molecule has 3 aromatic heterocycles. The number of rotatable bonds is 8. The fraction of sp³-hybridized carbons (Fsp3) is 0.0417. The van der Waals surface area contributed by atoms with Crippen LogP contribution in [0.3, 0.4) is 0 Å². The van der Waals surface area contributed by atoms with E-state index < -0.39 is 0 Å². The fourth-order valence-corrected chi connectivity index (χ4v) is 8.32. The van der Waals surface area contributed by atoms with Gasteiger partial charge in [-0.25, -0.2) is 9.97 Å². The highest BCUT2D eigenvalue weighted by atomic mass is 32.2. The smallest absolute Gasteiger partial charge is 0.133 e. The van der Waals surface area contributed by atoms with Crippen molar-refractivity contribution in [2.45, 2.75) is 11.5 Å². The van der Waals surface area contributed by atoms with Gasteiger partial charge < -0.3 is 9.97 Å². The number of H-pyrrole nitrogens is 2. The minimum absolute atomic E-state index is 0.585. The van der Waals surface area contributed by atoms with Gasteiger partial charge in [0.25, 0.3) is 0 Å². The number of thiocyanates is 2. The lowest BCUT2D eigenvalue weighted by Gasteiger charge is -2.08. The zero-order valence-corrected chi connectivity index (χ0v) is 31.7. The maximum absolute atomic E-state index is 9.32. The van der Waals surface area contributed by atoms with Crippen LogP contribution in [-0.2, 0) is 11.5 Å². The number of benzene rings is 4. The Morgan fingerprint density at radius 2 is 0.786 bits per heavy atom. The van der Waals surface area contributed by atoms with Gasteiger partial charge in [-0.15, -0.1) is 0 Å². The molecule has 0 saturated carbocycles. The lowest BCUT2D eigenvalue weighted by molar-refractivity contribution is 1.27. The molecule has 6 nitrogen and oxygen atoms in total. The van der Waals surface area contributed by atoms with Gasteiger partial charge in [0, 0.05) is 55.8 Å². The van der Waals surface area contributed by atoms with Crippen LogP contribution in [0.4, 0.5) is 0 Å². The molecule has 8 bridgehead atoms. The second-order valence-electron chi connectivity index (χ2n) is 13.4. The number of nitrogens with zero attached hydrogens (tertiary/aromatic N) is 4. The Morgan fingerprint density at radius 3 is 1.21 bits per heavy atom. The van der Waals surface area contributed by atoms with E-state index in [0.717, 1.165) is 100 Å². The molecule has 2 aliphatic heterocycles. The van der Waals surface area contributed by atoms with Crippen molar-refractivity contribution in [2.24, 2.45) is 0 Å². The number of fused-ring (bicyclic) bond motifs is 8. The number of hydrogen-bond acceptors (Lipinski definition) is 6. The van der Waals surface area contributed by atoms with Crippen LogP contribution in [0.1, 0.15) is 33.9 Å². The Morgan fingerprint density at radius 1 is 0.411 bits per heavy atom. The Balaban J connectivity index is 1.43. The van der Waals surface area contributed by atoms with Gasteiger partial charge in [-0.05, 0) is 105 Å². The molecule has 0 spiro atoms. The van der Waals surface area contributed by atoms with Crippen molar-refractivity contribution in [1.82, 2.24) is 19.9 Å². The number of hydrogen-bond donors (Lipinski definition) is 2. The van der Waals surface area contributed by atoms with Crippen LogP contribution in [0.25, 0.3) is 90.9 Å². The van der Waals surface area contributed by atoms with E-state index in [0.29, 0.717) is 11.5 Å². The number of nitriles is 2. The van der Waals surface area contributed by atoms with Crippen LogP contribution in [0.2, 0.25) is 0 Å². The zero-order chi connectivity index (χ0) is 37.8. The van der Waals surface area contributed by atoms with Crippen molar-refractivity contribution < 1.29 is 0 Å². The molecule has 0 fully saturated rings. The number of aromatic amines is 2. The SMILES string of the molecule is N#CSCc1cccc(-c2c3nc(c(-c4ccccc4)c4ccc([nH]4)c(-c4cccc(CSC#N)c4)c4ccc([nH]4)c(-c4ccccc4)c4nc2C=C4)C=C3)c1. The van der Waals surface area contributed by atoms with E-state index in [1.54, 1.807) is 0 Å². The summed E-state index contributed by atoms with van der Waals surface area (Å²) in [5.74, 6) is 1.18. The van der Waals surface area contributed by atoms with Gasteiger partial charge in [-0.1, -0.05) is 109 Å². The highest BCUT2D eigenvalue weighted by molar-refractivity contribution is 8.03. The third-order valence-electron chi connectivity index (χ3n) is 9.92. The third-order valence-corrected chi connectivity index (χ3v) is 11.1. The van der Waals surface area contributed by atoms with Crippen LogP contribution in [-0.4, -0.2) is 19.9 Å². The summed E-state index contributed by atoms with van der Waals surface area (Å²) in [7, 11) is 0. The monoisotopic (exact) mass is 756 g/mol. The summed E-state index contributed by atoms with van der Waals surface area (Å²) in [5.41, 5.74) is 17.2. The van der Waals surface area contributed by atoms with E-state index in [4.69, 9.17) is 9.97 Å². The second kappa shape index (κ2) is 15.5. The van der Waals surface area contributed by atoms with Crippen LogP contribution in [0, 0.1) is 21.3 Å². The molecule has 2 aliphatic rings. The van der Waals surface area contributed by atoms with Crippen molar-refractivity contribution in [3.8, 4) is 55.3 Å². The molecule has 56 heavy (non-hydrogen) atoms. The number of thioether (sulfide) groups is 2. The number of nitrogens with one attached hydrogen (secondary N) is 2. The van der Waals surface area contributed by atoms with Crippen molar-refractivity contribution >= 4 is 69.9 Å². The largest absolute Gasteiger partial charge is 0.354 e. The standard InChI is InChI=1S/C48H32N6S2/c49-29-55-27-31-9-7-15-35(25-31)47-41-21-17-37(51-41)45(33-11-3-1-4-12-33)38-18-22-42(52-38)48(36-16-8-10-32(26-36)28-56-30-50)44-24-20-40(54-44)46(34-13-5-2-6-14-34)39-19-23-43(47)53-39/h1-26,51,53H,27-28H2. The Bertz CT molecular complexity index is 2810. The number of aromatic nitrogens is 4. The summed E-state index contributed by atoms with van der Waals surface area (Å²) in [6, 6.07) is 46.0. The summed E-state index contributed by atoms with van der Waals surface area (Å²) in [4.78, 5) is 18.4. The molecule has 0 radical (unpaired) electrons. The minimum Gasteiger partial charge on any atom is -0.354 e. The normalized spacial score (nSPS) is 11.7. The Hall–Kier alpha value is -6.84. The molecule has 0 aliphatic carbocycles. The molecular weight excluding hydrogens is 725 g/mol. The fourth-order valence-electron chi connectivity index (χ4n) is 7.49. The highest BCUT2D eigenvalue weighted by Gasteiger charge is 2.20. The van der Waals surface area contributed by atoms with E-state index in [-0.39, 0.29) is 0 Å². The molecule has 0 unspecified atom stereocenters. The first kappa shape index (κ1) is 34.9. The Labute approximate surface area is 333 Å². The van der Waals surface area contributed by atoms with Crippen LogP contribution in [0.15, 0.2) is 133 Å². The molecule has 266 valence electrons. The minimum atomic E-state index is 0.585. The van der Waals surface area contributed by atoms with Crippen LogP contribution in [0.5, 0.6) is 0 Å². The molecule has 9 rings (SSSR count). The molecule has 8 heteroatoms. The van der Waals surface area contributed by atoms with Crippen LogP contribution >= 0.6 is 23.5 Å². The van der Waals surface area contributed by atoms with E-state index in [1.165, 1.54) is 23.5 Å². The lowest BCUT2D eigenvalue weighted by Crippen LogP contribution is -1.92. The summed E-state index contributed by atoms with van der Waals surface area (Å²) in [6.45, 7) is 0. The van der Waals surface area contributed by atoms with E-state index in [1.807, 2.05) is 18.2 Å². The van der Waals surface area contributed by atoms with Gasteiger partial charge in [0.2, 0.25) is 0 Å². The van der Waals surface area contributed by atoms with Crippen molar-refractivity contribution in [1.29, 1.82) is 10.5 Å². The van der Waals surface area contributed by atoms with Crippen molar-refractivity contribution in [3.05, 3.63) is 167 Å². The maximum Gasteiger partial charge on any atom is 0.133 e. The molecule has 4 aromatic carbocycles. The summed E-state index contributed by atoms with van der Waals surface area (Å²) >= 11 is 2.46. The quantitative estimate of drug-likeness (QED) is 0.150. The predicted octanol–water partition coefficient (Wildman–Crippen LogP) is 12.8. The van der Waals surface area contributed by atoms with Crippen LogP contribution < -0.4 is 0 Å². The second-order valence-corrected chi connectivity index (χ2v) is 14.9. The third kappa shape index (κ3) is 6.85. The average molecular weight is 757 g/mol. The zero-order valence-electron chi connectivity index (χ0n) is 30.0. The molecule has 2 N–H and O–H groups in total. The first-order valence-electron chi connectivity index (χ1n) is 18.1. The van der Waals surface area contributed by atoms with Crippen molar-refractivity contribution in [3.63, 3.8) is 0 Å². The van der Waals surface area contributed by atoms with Gasteiger partial charge in [0.15, 0.2) is 0 Å². The van der Waals surface area contributed by atoms with Crippen molar-refractivity contribution in [2.75, 3.05) is 0 Å². The molecule has 5 heterocycles. The molecule has 0 saturated heterocycles. The topological polar surface area (TPSA) is 105 Å². The summed E-state index contributed by atoms with van der Waals surface area (Å²) < 4.78 is 0. The lowest BCUT2D eigenvalue weighted by atomic mass is 10.0. The molecule has 0 atom stereocenters. The van der Waals surface area contributed by atoms with E-state index in [9.17, 15) is 10.5 Å².